The van der Waals surface area contributed by atoms with Crippen LogP contribution in [-0.2, 0) is 4.79 Å². The summed E-state index contributed by atoms with van der Waals surface area (Å²) in [6.07, 6.45) is 70.3. The Morgan fingerprint density at radius 3 is 1.21 bits per heavy atom. The molecule has 4 heteroatoms. The van der Waals surface area contributed by atoms with Gasteiger partial charge >= 0.3 is 0 Å². The van der Waals surface area contributed by atoms with Crippen molar-refractivity contribution < 1.29 is 15.0 Å². The summed E-state index contributed by atoms with van der Waals surface area (Å²) >= 11 is 0. The molecule has 0 heterocycles. The van der Waals surface area contributed by atoms with Gasteiger partial charge in [0, 0.05) is 6.42 Å². The van der Waals surface area contributed by atoms with Crippen molar-refractivity contribution >= 4 is 5.91 Å². The number of unbranched alkanes of at least 4 members (excludes halogenated alkanes) is 24. The molecule has 0 aromatic rings. The number of aliphatic hydroxyl groups is 2. The zero-order valence-electron chi connectivity index (χ0n) is 37.6. The molecule has 0 bridgehead atoms. The Balaban J connectivity index is 3.60. The lowest BCUT2D eigenvalue weighted by atomic mass is 10.0. The fourth-order valence-corrected chi connectivity index (χ4v) is 6.93. The number of carbonyl (C=O) groups excluding carboxylic acids is 1. The van der Waals surface area contributed by atoms with E-state index in [4.69, 9.17) is 0 Å². The van der Waals surface area contributed by atoms with E-state index < -0.39 is 12.1 Å². The Hall–Kier alpha value is -2.43. The molecule has 2 unspecified atom stereocenters. The number of allylic oxidation sites excluding steroid dienone is 13. The molecular formula is C53H93NO3. The fraction of sp³-hybridized carbons (Fsp3) is 0.717. The molecule has 0 rings (SSSR count). The van der Waals surface area contributed by atoms with Crippen LogP contribution in [0, 0.1) is 0 Å². The predicted molar refractivity (Wildman–Crippen MR) is 253 cm³/mol. The molecule has 1 amide bonds. The van der Waals surface area contributed by atoms with E-state index in [1.54, 1.807) is 6.08 Å². The lowest BCUT2D eigenvalue weighted by Gasteiger charge is -2.19. The minimum absolute atomic E-state index is 0.160. The van der Waals surface area contributed by atoms with Crippen LogP contribution in [0.1, 0.15) is 226 Å². The Kier molecular flexibility index (Phi) is 45.9. The first kappa shape index (κ1) is 54.6. The van der Waals surface area contributed by atoms with Gasteiger partial charge in [0.05, 0.1) is 18.8 Å². The molecular weight excluding hydrogens is 699 g/mol. The monoisotopic (exact) mass is 792 g/mol. The lowest BCUT2D eigenvalue weighted by molar-refractivity contribution is -0.122. The molecule has 328 valence electrons. The van der Waals surface area contributed by atoms with Crippen LogP contribution in [0.15, 0.2) is 85.1 Å². The van der Waals surface area contributed by atoms with Gasteiger partial charge in [0.15, 0.2) is 0 Å². The molecule has 0 aromatic carbocycles. The molecule has 0 fully saturated rings. The van der Waals surface area contributed by atoms with Crippen LogP contribution in [0.4, 0.5) is 0 Å². The third kappa shape index (κ3) is 44.5. The fourth-order valence-electron chi connectivity index (χ4n) is 6.93. The van der Waals surface area contributed by atoms with E-state index in [-0.39, 0.29) is 12.5 Å². The smallest absolute Gasteiger partial charge is 0.220 e. The third-order valence-corrected chi connectivity index (χ3v) is 10.6. The minimum atomic E-state index is -0.904. The molecule has 2 atom stereocenters. The highest BCUT2D eigenvalue weighted by Gasteiger charge is 2.17. The van der Waals surface area contributed by atoms with Gasteiger partial charge in [-0.25, -0.2) is 0 Å². The molecule has 4 nitrogen and oxygen atoms in total. The number of hydrogen-bond donors (Lipinski definition) is 3. The molecule has 0 aliphatic rings. The standard InChI is InChI=1S/C53H93NO3/c1-3-5-7-9-11-13-15-17-18-19-20-21-22-23-24-25-26-27-28-29-30-31-32-33-34-35-37-38-40-42-44-46-48-52(56)51(50-55)54-53(57)49-47-45-43-41-39-36-16-14-12-10-8-6-4-2/h6,8,12,14,33-34,36,38-40,43,45-46,48,51-52,55-56H,3-5,7,9-11,13,15-32,35,37,41-42,44,47,49-50H2,1-2H3,(H,54,57)/b8-6-,14-12-,34-33+,39-36-,40-38+,45-43-,48-46+. The molecule has 0 spiro atoms. The van der Waals surface area contributed by atoms with Crippen molar-refractivity contribution in [3.63, 3.8) is 0 Å². The average molecular weight is 792 g/mol. The summed E-state index contributed by atoms with van der Waals surface area (Å²) in [6, 6.07) is -0.688. The van der Waals surface area contributed by atoms with Crippen molar-refractivity contribution in [2.45, 2.75) is 238 Å². The Bertz CT molecular complexity index is 1030. The molecule has 0 aliphatic heterocycles. The van der Waals surface area contributed by atoms with Gasteiger partial charge in [-0.2, -0.15) is 0 Å². The number of carbonyl (C=O) groups is 1. The highest BCUT2D eigenvalue weighted by molar-refractivity contribution is 5.76. The van der Waals surface area contributed by atoms with Gasteiger partial charge in [0.1, 0.15) is 0 Å². The van der Waals surface area contributed by atoms with Crippen LogP contribution in [-0.4, -0.2) is 34.9 Å². The normalized spacial score (nSPS) is 13.7. The van der Waals surface area contributed by atoms with Crippen molar-refractivity contribution in [2.75, 3.05) is 6.61 Å². The second-order valence-corrected chi connectivity index (χ2v) is 16.1. The largest absolute Gasteiger partial charge is 0.394 e. The van der Waals surface area contributed by atoms with Crippen molar-refractivity contribution in [2.24, 2.45) is 0 Å². The van der Waals surface area contributed by atoms with Crippen LogP contribution >= 0.6 is 0 Å². The Morgan fingerprint density at radius 2 is 0.789 bits per heavy atom. The lowest BCUT2D eigenvalue weighted by Crippen LogP contribution is -2.45. The molecule has 0 aromatic heterocycles. The van der Waals surface area contributed by atoms with Crippen LogP contribution < -0.4 is 5.32 Å². The van der Waals surface area contributed by atoms with Gasteiger partial charge in [-0.1, -0.05) is 234 Å². The van der Waals surface area contributed by atoms with Gasteiger partial charge in [0.2, 0.25) is 5.91 Å². The van der Waals surface area contributed by atoms with Crippen LogP contribution in [0.25, 0.3) is 0 Å². The van der Waals surface area contributed by atoms with Gasteiger partial charge in [-0.05, 0) is 70.6 Å². The van der Waals surface area contributed by atoms with E-state index in [0.717, 1.165) is 51.4 Å². The SMILES string of the molecule is CC/C=C\C/C=C\C/C=C\C/C=C\CCC(=O)NC(CO)C(O)/C=C/CC/C=C/CC/C=C/CCCCCCCCCCCCCCCCCCCCCCCC. The Morgan fingerprint density at radius 1 is 0.439 bits per heavy atom. The maximum absolute atomic E-state index is 12.3. The van der Waals surface area contributed by atoms with E-state index in [1.165, 1.54) is 148 Å². The molecule has 0 aliphatic carbocycles. The first-order chi connectivity index (χ1) is 28.2. The number of amides is 1. The summed E-state index contributed by atoms with van der Waals surface area (Å²) in [5, 5.41) is 22.9. The summed E-state index contributed by atoms with van der Waals surface area (Å²) < 4.78 is 0. The quantitative estimate of drug-likeness (QED) is 0.0425. The van der Waals surface area contributed by atoms with Crippen molar-refractivity contribution in [1.82, 2.24) is 5.32 Å². The van der Waals surface area contributed by atoms with E-state index >= 15 is 0 Å². The molecule has 0 saturated carbocycles. The molecule has 0 radical (unpaired) electrons. The number of rotatable bonds is 43. The summed E-state index contributed by atoms with van der Waals surface area (Å²) in [4.78, 5) is 12.3. The molecule has 3 N–H and O–H groups in total. The number of hydrogen-bond acceptors (Lipinski definition) is 3. The summed E-state index contributed by atoms with van der Waals surface area (Å²) in [6.45, 7) is 4.14. The van der Waals surface area contributed by atoms with Crippen LogP contribution in [0.5, 0.6) is 0 Å². The minimum Gasteiger partial charge on any atom is -0.394 e. The zero-order valence-corrected chi connectivity index (χ0v) is 37.6. The topological polar surface area (TPSA) is 69.6 Å². The van der Waals surface area contributed by atoms with Gasteiger partial charge in [-0.3, -0.25) is 4.79 Å². The van der Waals surface area contributed by atoms with Crippen LogP contribution in [0.2, 0.25) is 0 Å². The highest BCUT2D eigenvalue weighted by Crippen LogP contribution is 2.16. The van der Waals surface area contributed by atoms with Crippen LogP contribution in [0.3, 0.4) is 0 Å². The van der Waals surface area contributed by atoms with E-state index in [9.17, 15) is 15.0 Å². The first-order valence-electron chi connectivity index (χ1n) is 24.3. The maximum Gasteiger partial charge on any atom is 0.220 e. The Labute approximate surface area is 354 Å². The van der Waals surface area contributed by atoms with Gasteiger partial charge < -0.3 is 15.5 Å². The van der Waals surface area contributed by atoms with E-state index in [2.05, 4.69) is 86.0 Å². The van der Waals surface area contributed by atoms with Crippen molar-refractivity contribution in [3.05, 3.63) is 85.1 Å². The van der Waals surface area contributed by atoms with Crippen molar-refractivity contribution in [1.29, 1.82) is 0 Å². The third-order valence-electron chi connectivity index (χ3n) is 10.6. The highest BCUT2D eigenvalue weighted by atomic mass is 16.3. The number of aliphatic hydroxyl groups excluding tert-OH is 2. The summed E-state index contributed by atoms with van der Waals surface area (Å²) in [5.41, 5.74) is 0. The number of nitrogens with one attached hydrogen (secondary N) is 1. The second-order valence-electron chi connectivity index (χ2n) is 16.1. The second kappa shape index (κ2) is 47.9. The molecule has 57 heavy (non-hydrogen) atoms. The van der Waals surface area contributed by atoms with Gasteiger partial charge in [-0.15, -0.1) is 0 Å². The maximum atomic E-state index is 12.3. The summed E-state index contributed by atoms with van der Waals surface area (Å²) in [5.74, 6) is -0.160. The van der Waals surface area contributed by atoms with Gasteiger partial charge in [0.25, 0.3) is 0 Å². The summed E-state index contributed by atoms with van der Waals surface area (Å²) in [7, 11) is 0. The van der Waals surface area contributed by atoms with Crippen molar-refractivity contribution in [3.8, 4) is 0 Å². The van der Waals surface area contributed by atoms with E-state index in [1.807, 2.05) is 12.2 Å². The predicted octanol–water partition coefficient (Wildman–Crippen LogP) is 15.6. The molecule has 0 saturated heterocycles. The van der Waals surface area contributed by atoms with E-state index in [0.29, 0.717) is 12.8 Å². The first-order valence-corrected chi connectivity index (χ1v) is 24.3. The zero-order chi connectivity index (χ0) is 41.4. The average Bonchev–Trinajstić information content (AvgIpc) is 3.22.